The van der Waals surface area contributed by atoms with Crippen LogP contribution in [-0.4, -0.2) is 53.3 Å². The van der Waals surface area contributed by atoms with Gasteiger partial charge in [0.15, 0.2) is 11.4 Å². The Bertz CT molecular complexity index is 1150. The predicted molar refractivity (Wildman–Crippen MR) is 128 cm³/mol. The highest BCUT2D eigenvalue weighted by atomic mass is 19.4. The molecule has 0 radical (unpaired) electrons. The monoisotopic (exact) mass is 492 g/mol. The second-order valence-electron chi connectivity index (χ2n) is 8.21. The van der Waals surface area contributed by atoms with Crippen molar-refractivity contribution in [2.45, 2.75) is 51.9 Å². The number of ether oxygens (including phenoxy) is 2. The molecule has 0 aliphatic heterocycles. The van der Waals surface area contributed by atoms with Crippen molar-refractivity contribution in [2.24, 2.45) is 0 Å². The van der Waals surface area contributed by atoms with Gasteiger partial charge < -0.3 is 24.1 Å². The van der Waals surface area contributed by atoms with E-state index < -0.39 is 18.6 Å². The number of halogens is 3. The molecule has 0 bridgehead atoms. The number of nitrogens with one attached hydrogen (secondary N) is 1. The molecule has 0 saturated carbocycles. The average molecular weight is 493 g/mol. The van der Waals surface area contributed by atoms with Crippen LogP contribution >= 0.6 is 0 Å². The molecule has 10 heteroatoms. The van der Waals surface area contributed by atoms with Crippen LogP contribution in [0.15, 0.2) is 42.9 Å². The number of urea groups is 1. The maximum Gasteiger partial charge on any atom is 0.389 e. The molecule has 1 N–H and O–H groups in total. The van der Waals surface area contributed by atoms with Crippen molar-refractivity contribution in [3.05, 3.63) is 48.4 Å². The summed E-state index contributed by atoms with van der Waals surface area (Å²) < 4.78 is 50.8. The number of carbonyl (C=O) groups excluding carboxylic acids is 1. The fourth-order valence-electron chi connectivity index (χ4n) is 3.91. The van der Waals surface area contributed by atoms with E-state index in [0.29, 0.717) is 36.7 Å². The van der Waals surface area contributed by atoms with Gasteiger partial charge in [-0.2, -0.15) is 13.2 Å². The third-order valence-corrected chi connectivity index (χ3v) is 5.89. The van der Waals surface area contributed by atoms with Crippen molar-refractivity contribution in [3.8, 4) is 22.6 Å². The molecule has 7 nitrogen and oxygen atoms in total. The van der Waals surface area contributed by atoms with Crippen LogP contribution in [-0.2, 0) is 6.54 Å². The molecule has 2 heterocycles. The first-order valence-electron chi connectivity index (χ1n) is 11.5. The first-order chi connectivity index (χ1) is 16.7. The van der Waals surface area contributed by atoms with Gasteiger partial charge in [0.1, 0.15) is 5.75 Å². The summed E-state index contributed by atoms with van der Waals surface area (Å²) in [4.78, 5) is 18.7. The summed E-state index contributed by atoms with van der Waals surface area (Å²) in [5.41, 5.74) is 3.20. The SMILES string of the molecule is CC[C@H](CCC(F)(F)F)NC(=O)N(CC)Cc1ccc(OC)c(-c2cc(OC)c3nccn3c2)c1. The van der Waals surface area contributed by atoms with Gasteiger partial charge in [-0.1, -0.05) is 13.0 Å². The lowest BCUT2D eigenvalue weighted by Gasteiger charge is -2.26. The Kier molecular flexibility index (Phi) is 8.48. The number of rotatable bonds is 10. The molecule has 0 fully saturated rings. The number of methoxy groups -OCH3 is 2. The van der Waals surface area contributed by atoms with Gasteiger partial charge in [-0.05, 0) is 43.5 Å². The number of alkyl halides is 3. The van der Waals surface area contributed by atoms with Crippen molar-refractivity contribution in [1.82, 2.24) is 19.6 Å². The lowest BCUT2D eigenvalue weighted by molar-refractivity contribution is -0.136. The predicted octanol–water partition coefficient (Wildman–Crippen LogP) is 5.67. The van der Waals surface area contributed by atoms with Crippen LogP contribution in [0.25, 0.3) is 16.8 Å². The third-order valence-electron chi connectivity index (χ3n) is 5.89. The number of amides is 2. The molecular formula is C25H31F3N4O3. The molecule has 35 heavy (non-hydrogen) atoms. The lowest BCUT2D eigenvalue weighted by Crippen LogP contribution is -2.44. The largest absolute Gasteiger partial charge is 0.496 e. The molecule has 2 aromatic heterocycles. The summed E-state index contributed by atoms with van der Waals surface area (Å²) in [6.07, 6.45) is 0.534. The van der Waals surface area contributed by atoms with E-state index in [0.717, 1.165) is 16.7 Å². The van der Waals surface area contributed by atoms with Crippen LogP contribution in [0.3, 0.4) is 0 Å². The smallest absolute Gasteiger partial charge is 0.389 e. The quantitative estimate of drug-likeness (QED) is 0.396. The zero-order valence-corrected chi connectivity index (χ0v) is 20.4. The Morgan fingerprint density at radius 1 is 1.17 bits per heavy atom. The second-order valence-corrected chi connectivity index (χ2v) is 8.21. The third kappa shape index (κ3) is 6.58. The maximum atomic E-state index is 12.8. The highest BCUT2D eigenvalue weighted by Crippen LogP contribution is 2.34. The second kappa shape index (κ2) is 11.3. The summed E-state index contributed by atoms with van der Waals surface area (Å²) >= 11 is 0. The van der Waals surface area contributed by atoms with Gasteiger partial charge in [0.2, 0.25) is 0 Å². The molecule has 0 aliphatic carbocycles. The standard InChI is InChI=1S/C25H31F3N4O3/c1-5-19(9-10-25(26,27)28)30-24(33)31(6-2)15-17-7-8-21(34-3)20(13-17)18-14-22(35-4)23-29-11-12-32(23)16-18/h7-8,11-14,16,19H,5-6,9-10,15H2,1-4H3,(H,30,33)/t19-/m1/s1. The summed E-state index contributed by atoms with van der Waals surface area (Å²) in [5.74, 6) is 1.26. The highest BCUT2D eigenvalue weighted by molar-refractivity contribution is 5.76. The molecule has 1 atom stereocenters. The number of fused-ring (bicyclic) bond motifs is 1. The average Bonchev–Trinajstić information content (AvgIpc) is 3.32. The van der Waals surface area contributed by atoms with Gasteiger partial charge >= 0.3 is 12.2 Å². The van der Waals surface area contributed by atoms with E-state index >= 15 is 0 Å². The Hall–Kier alpha value is -3.43. The van der Waals surface area contributed by atoms with Crippen molar-refractivity contribution in [1.29, 1.82) is 0 Å². The minimum atomic E-state index is -4.25. The van der Waals surface area contributed by atoms with Gasteiger partial charge in [-0.3, -0.25) is 0 Å². The number of aromatic nitrogens is 2. The Morgan fingerprint density at radius 3 is 2.54 bits per heavy atom. The van der Waals surface area contributed by atoms with Crippen LogP contribution in [0.4, 0.5) is 18.0 Å². The minimum Gasteiger partial charge on any atom is -0.496 e. The number of pyridine rings is 1. The molecule has 0 spiro atoms. The zero-order valence-electron chi connectivity index (χ0n) is 20.4. The molecule has 190 valence electrons. The Morgan fingerprint density at radius 2 is 1.91 bits per heavy atom. The van der Waals surface area contributed by atoms with E-state index in [-0.39, 0.29) is 12.5 Å². The summed E-state index contributed by atoms with van der Waals surface area (Å²) in [6, 6.07) is 6.58. The first-order valence-corrected chi connectivity index (χ1v) is 11.5. The molecule has 3 rings (SSSR count). The molecule has 2 amide bonds. The number of hydrogen-bond donors (Lipinski definition) is 1. The number of carbonyl (C=O) groups is 1. The van der Waals surface area contributed by atoms with Crippen molar-refractivity contribution in [2.75, 3.05) is 20.8 Å². The summed E-state index contributed by atoms with van der Waals surface area (Å²) in [7, 11) is 3.17. The van der Waals surface area contributed by atoms with Crippen LogP contribution in [0.5, 0.6) is 11.5 Å². The van der Waals surface area contributed by atoms with Gasteiger partial charge in [-0.15, -0.1) is 0 Å². The Labute approximate surface area is 202 Å². The molecule has 0 saturated heterocycles. The molecule has 3 aromatic rings. The van der Waals surface area contributed by atoms with Gasteiger partial charge in [-0.25, -0.2) is 9.78 Å². The summed E-state index contributed by atoms with van der Waals surface area (Å²) in [5, 5.41) is 2.75. The van der Waals surface area contributed by atoms with Crippen molar-refractivity contribution < 1.29 is 27.4 Å². The van der Waals surface area contributed by atoms with Gasteiger partial charge in [0.05, 0.1) is 14.2 Å². The maximum absolute atomic E-state index is 12.8. The van der Waals surface area contributed by atoms with E-state index in [9.17, 15) is 18.0 Å². The minimum absolute atomic E-state index is 0.144. The van der Waals surface area contributed by atoms with Gasteiger partial charge in [0.25, 0.3) is 0 Å². The number of nitrogens with zero attached hydrogens (tertiary/aromatic N) is 3. The van der Waals surface area contributed by atoms with E-state index in [2.05, 4.69) is 10.3 Å². The van der Waals surface area contributed by atoms with Crippen LogP contribution in [0.1, 0.15) is 38.7 Å². The van der Waals surface area contributed by atoms with E-state index in [1.807, 2.05) is 48.0 Å². The van der Waals surface area contributed by atoms with Crippen molar-refractivity contribution >= 4 is 11.7 Å². The van der Waals surface area contributed by atoms with E-state index in [4.69, 9.17) is 9.47 Å². The van der Waals surface area contributed by atoms with Crippen molar-refractivity contribution in [3.63, 3.8) is 0 Å². The molecule has 0 unspecified atom stereocenters. The Balaban J connectivity index is 1.82. The molecule has 0 aliphatic rings. The van der Waals surface area contributed by atoms with E-state index in [1.54, 1.807) is 32.2 Å². The number of benzene rings is 1. The fraction of sp³-hybridized carbons (Fsp3) is 0.440. The number of hydrogen-bond acceptors (Lipinski definition) is 4. The van der Waals surface area contributed by atoms with Crippen LogP contribution in [0, 0.1) is 0 Å². The summed E-state index contributed by atoms with van der Waals surface area (Å²) in [6.45, 7) is 4.29. The normalized spacial score (nSPS) is 12.4. The number of imidazole rings is 1. The highest BCUT2D eigenvalue weighted by Gasteiger charge is 2.28. The lowest BCUT2D eigenvalue weighted by atomic mass is 10.0. The zero-order chi connectivity index (χ0) is 25.6. The van der Waals surface area contributed by atoms with E-state index in [1.165, 1.54) is 0 Å². The topological polar surface area (TPSA) is 68.1 Å². The first kappa shape index (κ1) is 26.2. The van der Waals surface area contributed by atoms with Crippen LogP contribution in [0.2, 0.25) is 0 Å². The molecular weight excluding hydrogens is 461 g/mol. The molecule has 1 aromatic carbocycles. The fourth-order valence-corrected chi connectivity index (χ4v) is 3.91. The van der Waals surface area contributed by atoms with Gasteiger partial charge in [0, 0.05) is 55.3 Å². The van der Waals surface area contributed by atoms with Crippen LogP contribution < -0.4 is 14.8 Å².